The van der Waals surface area contributed by atoms with Gasteiger partial charge in [-0.15, -0.1) is 0 Å². The Labute approximate surface area is 228 Å². The van der Waals surface area contributed by atoms with Gasteiger partial charge in [-0.2, -0.15) is 0 Å². The first-order chi connectivity index (χ1) is 19.3. The van der Waals surface area contributed by atoms with Gasteiger partial charge >= 0.3 is 5.97 Å². The predicted octanol–water partition coefficient (Wildman–Crippen LogP) is 6.98. The van der Waals surface area contributed by atoms with Crippen molar-refractivity contribution in [1.29, 1.82) is 0 Å². The second kappa shape index (κ2) is 11.3. The molecule has 0 fully saturated rings. The van der Waals surface area contributed by atoms with E-state index in [1.165, 1.54) is 12.1 Å². The van der Waals surface area contributed by atoms with Crippen LogP contribution in [0.1, 0.15) is 43.0 Å². The smallest absolute Gasteiger partial charge is 0.335 e. The largest absolute Gasteiger partial charge is 0.489 e. The number of ether oxygens (including phenoxy) is 2. The van der Waals surface area contributed by atoms with Crippen LogP contribution in [0.25, 0.3) is 6.08 Å². The van der Waals surface area contributed by atoms with E-state index < -0.39 is 17.6 Å². The first-order valence-electron chi connectivity index (χ1n) is 12.3. The molecule has 0 amide bonds. The van der Waals surface area contributed by atoms with Crippen molar-refractivity contribution in [1.82, 2.24) is 0 Å². The number of carboxylic acids is 1. The molecule has 1 aliphatic rings. The van der Waals surface area contributed by atoms with Crippen molar-refractivity contribution in [3.8, 4) is 11.5 Å². The molecular weight excluding hydrogens is 516 g/mol. The monoisotopic (exact) mass is 539 g/mol. The molecule has 0 unspecified atom stereocenters. The minimum absolute atomic E-state index is 0.0545. The Bertz CT molecular complexity index is 1640. The molecule has 0 atom stereocenters. The fraction of sp³-hybridized carbons (Fsp3) is 0.0938. The maximum absolute atomic E-state index is 14.1. The third-order valence-corrected chi connectivity index (χ3v) is 6.50. The summed E-state index contributed by atoms with van der Waals surface area (Å²) in [6.45, 7) is 3.32. The lowest BCUT2D eigenvalue weighted by molar-refractivity contribution is 0.0696. The average Bonchev–Trinajstić information content (AvgIpc) is 3.27. The van der Waals surface area contributed by atoms with Crippen LogP contribution in [-0.4, -0.2) is 23.6 Å². The molecule has 1 aliphatic carbocycles. The maximum atomic E-state index is 14.1. The Hall–Kier alpha value is -5.11. The van der Waals surface area contributed by atoms with E-state index in [2.05, 4.69) is 11.7 Å². The standard InChI is InChI=1S/C32H23F2NO5/c1-35-30-16-28(33)24(15-29(30)34)18-40-25-8-4-19(5-9-25)12-23-13-22-14-26(10-11-27(22)31(23)36)39-17-20-2-6-21(7-3-20)32(37)38/h2-12,14-16H,1,13,17-18H2,(H,37,38)/b23-12+. The van der Waals surface area contributed by atoms with Gasteiger partial charge in [0.25, 0.3) is 0 Å². The second-order valence-electron chi connectivity index (χ2n) is 9.20. The first-order valence-corrected chi connectivity index (χ1v) is 12.3. The average molecular weight is 540 g/mol. The van der Waals surface area contributed by atoms with Crippen molar-refractivity contribution in [2.24, 2.45) is 4.99 Å². The van der Waals surface area contributed by atoms with E-state index in [9.17, 15) is 18.4 Å². The minimum Gasteiger partial charge on any atom is -0.489 e. The van der Waals surface area contributed by atoms with Gasteiger partial charge in [0.2, 0.25) is 0 Å². The molecule has 6 nitrogen and oxygen atoms in total. The van der Waals surface area contributed by atoms with Gasteiger partial charge in [0.05, 0.1) is 5.56 Å². The van der Waals surface area contributed by atoms with E-state index in [4.69, 9.17) is 14.6 Å². The normalized spacial score (nSPS) is 13.2. The summed E-state index contributed by atoms with van der Waals surface area (Å²) in [5.41, 5.74) is 3.86. The number of hydrogen-bond acceptors (Lipinski definition) is 5. The molecule has 0 radical (unpaired) electrons. The molecule has 40 heavy (non-hydrogen) atoms. The van der Waals surface area contributed by atoms with Crippen LogP contribution in [0.5, 0.6) is 11.5 Å². The van der Waals surface area contributed by atoms with Gasteiger partial charge in [0, 0.05) is 29.2 Å². The van der Waals surface area contributed by atoms with Gasteiger partial charge in [-0.1, -0.05) is 24.3 Å². The highest BCUT2D eigenvalue weighted by Crippen LogP contribution is 2.31. The Morgan fingerprint density at radius 1 is 0.900 bits per heavy atom. The number of Topliss-reactive ketones (excluding diaryl/α,β-unsaturated/α-hetero) is 1. The molecule has 0 aliphatic heterocycles. The van der Waals surface area contributed by atoms with E-state index in [1.54, 1.807) is 48.5 Å². The van der Waals surface area contributed by atoms with Crippen molar-refractivity contribution in [3.05, 3.63) is 129 Å². The van der Waals surface area contributed by atoms with Gasteiger partial charge in [0.15, 0.2) is 5.78 Å². The topological polar surface area (TPSA) is 85.2 Å². The SMILES string of the molecule is C=Nc1cc(F)c(COc2ccc(/C=C3\Cc4cc(OCc5ccc(C(=O)O)cc5)ccc4C3=O)cc2)cc1F. The molecule has 200 valence electrons. The van der Waals surface area contributed by atoms with E-state index in [-0.39, 0.29) is 35.8 Å². The number of hydrogen-bond donors (Lipinski definition) is 1. The Balaban J connectivity index is 1.21. The summed E-state index contributed by atoms with van der Waals surface area (Å²) in [6.07, 6.45) is 2.27. The van der Waals surface area contributed by atoms with Crippen LogP contribution in [0.4, 0.5) is 14.5 Å². The third-order valence-electron chi connectivity index (χ3n) is 6.50. The summed E-state index contributed by atoms with van der Waals surface area (Å²) in [5, 5.41) is 9.02. The molecular formula is C32H23F2NO5. The summed E-state index contributed by atoms with van der Waals surface area (Å²) in [7, 11) is 0. The lowest BCUT2D eigenvalue weighted by Crippen LogP contribution is -2.00. The lowest BCUT2D eigenvalue weighted by atomic mass is 10.1. The Morgan fingerprint density at radius 3 is 2.30 bits per heavy atom. The van der Waals surface area contributed by atoms with Crippen LogP contribution in [0.15, 0.2) is 89.4 Å². The number of carbonyl (C=O) groups excluding carboxylic acids is 1. The predicted molar refractivity (Wildman–Crippen MR) is 147 cm³/mol. The number of carboxylic acid groups (broad SMARTS) is 1. The number of halogens is 2. The summed E-state index contributed by atoms with van der Waals surface area (Å²) in [5.74, 6) is -1.27. The fourth-order valence-electron chi connectivity index (χ4n) is 4.34. The summed E-state index contributed by atoms with van der Waals surface area (Å²) >= 11 is 0. The summed E-state index contributed by atoms with van der Waals surface area (Å²) in [4.78, 5) is 27.4. The minimum atomic E-state index is -0.984. The molecule has 0 bridgehead atoms. The summed E-state index contributed by atoms with van der Waals surface area (Å²) < 4.78 is 39.5. The highest BCUT2D eigenvalue weighted by Gasteiger charge is 2.25. The molecule has 0 saturated carbocycles. The molecule has 0 heterocycles. The molecule has 0 spiro atoms. The number of aromatic carboxylic acids is 1. The number of nitrogens with zero attached hydrogens (tertiary/aromatic N) is 1. The number of carbonyl (C=O) groups is 2. The van der Waals surface area contributed by atoms with Crippen LogP contribution >= 0.6 is 0 Å². The highest BCUT2D eigenvalue weighted by molar-refractivity contribution is 6.15. The Morgan fingerprint density at radius 2 is 1.60 bits per heavy atom. The van der Waals surface area contributed by atoms with Crippen molar-refractivity contribution in [2.75, 3.05) is 0 Å². The third kappa shape index (κ3) is 5.81. The number of aliphatic imine (C=N–C) groups is 1. The highest BCUT2D eigenvalue weighted by atomic mass is 19.1. The van der Waals surface area contributed by atoms with Crippen LogP contribution in [0.3, 0.4) is 0 Å². The zero-order valence-corrected chi connectivity index (χ0v) is 21.2. The maximum Gasteiger partial charge on any atom is 0.335 e. The number of fused-ring (bicyclic) bond motifs is 1. The number of ketones is 1. The van der Waals surface area contributed by atoms with Gasteiger partial charge in [-0.05, 0) is 78.0 Å². The number of allylic oxidation sites excluding steroid dienone is 1. The molecule has 8 heteroatoms. The second-order valence-corrected chi connectivity index (χ2v) is 9.20. The Kier molecular flexibility index (Phi) is 7.50. The van der Waals surface area contributed by atoms with Crippen molar-refractivity contribution in [3.63, 3.8) is 0 Å². The quantitative estimate of drug-likeness (QED) is 0.183. The zero-order valence-electron chi connectivity index (χ0n) is 21.2. The molecule has 4 aromatic carbocycles. The summed E-state index contributed by atoms with van der Waals surface area (Å²) in [6, 6.07) is 20.8. The molecule has 5 rings (SSSR count). The lowest BCUT2D eigenvalue weighted by Gasteiger charge is -2.09. The fourth-order valence-corrected chi connectivity index (χ4v) is 4.34. The van der Waals surface area contributed by atoms with Crippen molar-refractivity contribution >= 4 is 30.2 Å². The van der Waals surface area contributed by atoms with Crippen molar-refractivity contribution in [2.45, 2.75) is 19.6 Å². The van der Waals surface area contributed by atoms with Crippen LogP contribution in [0.2, 0.25) is 0 Å². The van der Waals surface area contributed by atoms with E-state index in [0.29, 0.717) is 29.1 Å². The van der Waals surface area contributed by atoms with Crippen LogP contribution in [-0.2, 0) is 19.6 Å². The zero-order chi connectivity index (χ0) is 28.2. The van der Waals surface area contributed by atoms with Crippen LogP contribution in [0, 0.1) is 11.6 Å². The molecule has 0 saturated heterocycles. The molecule has 0 aromatic heterocycles. The van der Waals surface area contributed by atoms with E-state index in [1.807, 2.05) is 12.1 Å². The van der Waals surface area contributed by atoms with Gasteiger partial charge in [-0.3, -0.25) is 9.79 Å². The van der Waals surface area contributed by atoms with Crippen molar-refractivity contribution < 1.29 is 33.0 Å². The molecule has 4 aromatic rings. The van der Waals surface area contributed by atoms with E-state index in [0.717, 1.165) is 28.8 Å². The number of rotatable bonds is 9. The first kappa shape index (κ1) is 26.5. The van der Waals surface area contributed by atoms with E-state index >= 15 is 0 Å². The van der Waals surface area contributed by atoms with Crippen LogP contribution < -0.4 is 9.47 Å². The molecule has 1 N–H and O–H groups in total. The van der Waals surface area contributed by atoms with Gasteiger partial charge < -0.3 is 14.6 Å². The number of benzene rings is 4. The van der Waals surface area contributed by atoms with Gasteiger partial charge in [-0.25, -0.2) is 13.6 Å². The van der Waals surface area contributed by atoms with Gasteiger partial charge in [0.1, 0.15) is 42.0 Å².